The second-order valence-electron chi connectivity index (χ2n) is 4.55. The van der Waals surface area contributed by atoms with Crippen LogP contribution >= 0.6 is 0 Å². The Kier molecular flexibility index (Phi) is 7.52. The molecule has 1 aromatic carbocycles. The van der Waals surface area contributed by atoms with E-state index in [0.717, 1.165) is 14.2 Å². The van der Waals surface area contributed by atoms with Gasteiger partial charge in [-0.2, -0.15) is 8.42 Å². The number of carbonyl (C=O) groups excluding carboxylic acids is 3. The fraction of sp³-hybridized carbons (Fsp3) is 0.286. The molecular weight excluding hydrogens is 368 g/mol. The summed E-state index contributed by atoms with van der Waals surface area (Å²) in [7, 11) is -2.35. The number of anilines is 1. The SMILES string of the molecule is CCC(=O)Nc1ccccc1S(=O)(=O)N=C(NC(=O)OC)NC(=O)OC. The van der Waals surface area contributed by atoms with E-state index < -0.39 is 34.1 Å². The molecule has 0 bridgehead atoms. The van der Waals surface area contributed by atoms with Gasteiger partial charge < -0.3 is 14.8 Å². The minimum atomic E-state index is -4.42. The predicted molar refractivity (Wildman–Crippen MR) is 91.1 cm³/mol. The lowest BCUT2D eigenvalue weighted by Crippen LogP contribution is -2.44. The maximum Gasteiger partial charge on any atom is 0.413 e. The van der Waals surface area contributed by atoms with E-state index >= 15 is 0 Å². The fourth-order valence-corrected chi connectivity index (χ4v) is 2.65. The molecule has 0 aliphatic carbocycles. The van der Waals surface area contributed by atoms with Crippen LogP contribution in [0.15, 0.2) is 33.6 Å². The molecule has 0 heterocycles. The Labute approximate surface area is 149 Å². The minimum absolute atomic E-state index is 0.00131. The van der Waals surface area contributed by atoms with Crippen LogP contribution in [-0.2, 0) is 24.3 Å². The highest BCUT2D eigenvalue weighted by molar-refractivity contribution is 7.90. The van der Waals surface area contributed by atoms with Gasteiger partial charge in [0, 0.05) is 6.42 Å². The van der Waals surface area contributed by atoms with Gasteiger partial charge in [0.05, 0.1) is 19.9 Å². The summed E-state index contributed by atoms with van der Waals surface area (Å²) in [6.45, 7) is 1.60. The van der Waals surface area contributed by atoms with E-state index in [0.29, 0.717) is 0 Å². The highest BCUT2D eigenvalue weighted by atomic mass is 32.2. The molecule has 3 amide bonds. The number of rotatable bonds is 4. The zero-order valence-electron chi connectivity index (χ0n) is 14.2. The number of guanidine groups is 1. The van der Waals surface area contributed by atoms with Crippen molar-refractivity contribution in [3.8, 4) is 0 Å². The van der Waals surface area contributed by atoms with Crippen molar-refractivity contribution in [2.45, 2.75) is 18.2 Å². The number of nitrogens with one attached hydrogen (secondary N) is 3. The third kappa shape index (κ3) is 6.05. The van der Waals surface area contributed by atoms with E-state index in [-0.39, 0.29) is 17.0 Å². The molecule has 0 fully saturated rings. The Hall–Kier alpha value is -3.15. The summed E-state index contributed by atoms with van der Waals surface area (Å²) >= 11 is 0. The van der Waals surface area contributed by atoms with E-state index in [4.69, 9.17) is 0 Å². The van der Waals surface area contributed by atoms with Gasteiger partial charge in [-0.1, -0.05) is 19.1 Å². The first-order valence-corrected chi connectivity index (χ1v) is 8.61. The van der Waals surface area contributed by atoms with Gasteiger partial charge in [-0.3, -0.25) is 15.4 Å². The Balaban J connectivity index is 3.31. The zero-order chi connectivity index (χ0) is 19.7. The standard InChI is InChI=1S/C14H18N4O7S/c1-4-11(19)15-9-7-5-6-8-10(9)26(22,23)18-12(16-13(20)24-2)17-14(21)25-3/h5-8H,4H2,1-3H3,(H,15,19)(H2,16,17,18,20,21). The summed E-state index contributed by atoms with van der Waals surface area (Å²) in [5.74, 6) is -1.14. The van der Waals surface area contributed by atoms with Crippen molar-refractivity contribution in [2.24, 2.45) is 4.40 Å². The molecule has 0 radical (unpaired) electrons. The molecule has 142 valence electrons. The normalized spacial score (nSPS) is 10.3. The number of nitrogens with zero attached hydrogens (tertiary/aromatic N) is 1. The summed E-state index contributed by atoms with van der Waals surface area (Å²) in [5, 5.41) is 6.31. The highest BCUT2D eigenvalue weighted by Crippen LogP contribution is 2.23. The van der Waals surface area contributed by atoms with Crippen LogP contribution in [0.5, 0.6) is 0 Å². The first kappa shape index (κ1) is 20.9. The largest absolute Gasteiger partial charge is 0.453 e. The third-order valence-corrected chi connectivity index (χ3v) is 4.12. The molecule has 0 aliphatic heterocycles. The lowest BCUT2D eigenvalue weighted by atomic mass is 10.3. The van der Waals surface area contributed by atoms with Crippen LogP contribution in [0.25, 0.3) is 0 Å². The molecular formula is C14H18N4O7S. The number of para-hydroxylation sites is 1. The number of ether oxygens (including phenoxy) is 2. The molecule has 11 nitrogen and oxygen atoms in total. The lowest BCUT2D eigenvalue weighted by molar-refractivity contribution is -0.115. The quantitative estimate of drug-likeness (QED) is 0.511. The van der Waals surface area contributed by atoms with Gasteiger partial charge in [0.25, 0.3) is 10.0 Å². The third-order valence-electron chi connectivity index (χ3n) is 2.78. The molecule has 12 heteroatoms. The summed E-state index contributed by atoms with van der Waals surface area (Å²) < 4.78 is 37.1. The second-order valence-corrected chi connectivity index (χ2v) is 6.12. The van der Waals surface area contributed by atoms with Crippen LogP contribution in [0.2, 0.25) is 0 Å². The summed E-state index contributed by atoms with van der Waals surface area (Å²) in [6.07, 6.45) is -2.00. The minimum Gasteiger partial charge on any atom is -0.453 e. The molecule has 0 unspecified atom stereocenters. The number of hydrogen-bond acceptors (Lipinski definition) is 7. The fourth-order valence-electron chi connectivity index (χ4n) is 1.58. The van der Waals surface area contributed by atoms with Gasteiger partial charge in [-0.05, 0) is 12.1 Å². The summed E-state index contributed by atoms with van der Waals surface area (Å²) in [5.41, 5.74) is -0.00131. The van der Waals surface area contributed by atoms with Crippen LogP contribution in [0.3, 0.4) is 0 Å². The van der Waals surface area contributed by atoms with Crippen LogP contribution in [0, 0.1) is 0 Å². The predicted octanol–water partition coefficient (Wildman–Crippen LogP) is 0.792. The van der Waals surface area contributed by atoms with Crippen molar-refractivity contribution >= 4 is 39.8 Å². The maximum atomic E-state index is 12.5. The smallest absolute Gasteiger partial charge is 0.413 e. The van der Waals surface area contributed by atoms with Crippen molar-refractivity contribution < 1.29 is 32.3 Å². The van der Waals surface area contributed by atoms with Gasteiger partial charge in [0.15, 0.2) is 0 Å². The molecule has 0 saturated heterocycles. The Morgan fingerprint density at radius 1 is 1.04 bits per heavy atom. The number of amides is 3. The zero-order valence-corrected chi connectivity index (χ0v) is 15.0. The van der Waals surface area contributed by atoms with Crippen LogP contribution in [0.1, 0.15) is 13.3 Å². The number of methoxy groups -OCH3 is 2. The van der Waals surface area contributed by atoms with Gasteiger partial charge in [-0.25, -0.2) is 9.59 Å². The van der Waals surface area contributed by atoms with Crippen LogP contribution < -0.4 is 16.0 Å². The topological polar surface area (TPSA) is 152 Å². The Morgan fingerprint density at radius 2 is 1.58 bits per heavy atom. The van der Waals surface area contributed by atoms with Crippen LogP contribution in [-0.4, -0.2) is 46.7 Å². The molecule has 0 aromatic heterocycles. The maximum absolute atomic E-state index is 12.5. The average Bonchev–Trinajstić information content (AvgIpc) is 2.61. The molecule has 0 aliphatic rings. The van der Waals surface area contributed by atoms with E-state index in [1.54, 1.807) is 6.92 Å². The van der Waals surface area contributed by atoms with Crippen molar-refractivity contribution in [1.82, 2.24) is 10.6 Å². The molecule has 26 heavy (non-hydrogen) atoms. The van der Waals surface area contributed by atoms with Crippen molar-refractivity contribution in [3.63, 3.8) is 0 Å². The average molecular weight is 386 g/mol. The monoisotopic (exact) mass is 386 g/mol. The van der Waals surface area contributed by atoms with Gasteiger partial charge >= 0.3 is 12.2 Å². The second kappa shape index (κ2) is 9.36. The number of alkyl carbamates (subject to hydrolysis) is 2. The van der Waals surface area contributed by atoms with E-state index in [9.17, 15) is 22.8 Å². The molecule has 3 N–H and O–H groups in total. The number of hydrogen-bond donors (Lipinski definition) is 3. The van der Waals surface area contributed by atoms with Crippen molar-refractivity contribution in [3.05, 3.63) is 24.3 Å². The first-order valence-electron chi connectivity index (χ1n) is 7.17. The Morgan fingerprint density at radius 3 is 2.08 bits per heavy atom. The van der Waals surface area contributed by atoms with E-state index in [1.807, 2.05) is 10.6 Å². The van der Waals surface area contributed by atoms with Gasteiger partial charge in [0.2, 0.25) is 11.9 Å². The number of benzene rings is 1. The Bertz CT molecular complexity index is 800. The van der Waals surface area contributed by atoms with Crippen LogP contribution in [0.4, 0.5) is 15.3 Å². The van der Waals surface area contributed by atoms with Crippen molar-refractivity contribution in [1.29, 1.82) is 0 Å². The lowest BCUT2D eigenvalue weighted by Gasteiger charge is -2.11. The summed E-state index contributed by atoms with van der Waals surface area (Å²) in [4.78, 5) is 33.8. The highest BCUT2D eigenvalue weighted by Gasteiger charge is 2.21. The van der Waals surface area contributed by atoms with Crippen molar-refractivity contribution in [2.75, 3.05) is 19.5 Å². The first-order chi connectivity index (χ1) is 12.2. The molecule has 1 rings (SSSR count). The van der Waals surface area contributed by atoms with E-state index in [2.05, 4.69) is 19.2 Å². The molecule has 0 atom stereocenters. The van der Waals surface area contributed by atoms with Gasteiger partial charge in [-0.15, -0.1) is 4.40 Å². The molecule has 0 spiro atoms. The molecule has 0 saturated carbocycles. The number of sulfonamides is 1. The van der Waals surface area contributed by atoms with Gasteiger partial charge in [0.1, 0.15) is 4.90 Å². The molecule has 1 aromatic rings. The summed E-state index contributed by atoms with van der Waals surface area (Å²) in [6, 6.07) is 5.52. The number of carbonyl (C=O) groups is 3. The van der Waals surface area contributed by atoms with E-state index in [1.165, 1.54) is 24.3 Å².